The van der Waals surface area contributed by atoms with Crippen LogP contribution in [0.15, 0.2) is 12.2 Å². The van der Waals surface area contributed by atoms with E-state index >= 15 is 0 Å². The Morgan fingerprint density at radius 1 is 1.00 bits per heavy atom. The van der Waals surface area contributed by atoms with Crippen molar-refractivity contribution in [1.82, 2.24) is 5.32 Å². The molecule has 0 aromatic carbocycles. The third kappa shape index (κ3) is 11.8. The Kier molecular flexibility index (Phi) is 14.7. The van der Waals surface area contributed by atoms with E-state index < -0.39 is 11.6 Å². The van der Waals surface area contributed by atoms with Crippen LogP contribution in [0.4, 0.5) is 0 Å². The average Bonchev–Trinajstić information content (AvgIpc) is 2.73. The molecule has 0 bridgehead atoms. The Morgan fingerprint density at radius 2 is 1.53 bits per heavy atom. The molecule has 0 aliphatic heterocycles. The summed E-state index contributed by atoms with van der Waals surface area (Å²) in [6, 6.07) is -0.583. The number of hydrogen-bond donors (Lipinski definition) is 3. The molecule has 1 rings (SSSR count). The number of nitrogens with one attached hydrogen (secondary N) is 1. The van der Waals surface area contributed by atoms with Gasteiger partial charge in [-0.1, -0.05) is 90.0 Å². The molecule has 2 atom stereocenters. The van der Waals surface area contributed by atoms with Crippen LogP contribution in [0.5, 0.6) is 0 Å². The molecule has 0 heterocycles. The van der Waals surface area contributed by atoms with Gasteiger partial charge >= 0.3 is 0 Å². The molecule has 0 saturated heterocycles. The monoisotopic (exact) mass is 423 g/mol. The first kappa shape index (κ1) is 26.8. The zero-order chi connectivity index (χ0) is 22.1. The summed E-state index contributed by atoms with van der Waals surface area (Å²) in [4.78, 5) is 24.1. The van der Waals surface area contributed by atoms with E-state index in [0.717, 1.165) is 19.3 Å². The lowest BCUT2D eigenvalue weighted by Crippen LogP contribution is -2.48. The summed E-state index contributed by atoms with van der Waals surface area (Å²) in [7, 11) is 0. The smallest absolute Gasteiger partial charge is 0.220 e. The number of rotatable bonds is 18. The lowest BCUT2D eigenvalue weighted by Gasteiger charge is -2.31. The fourth-order valence-corrected chi connectivity index (χ4v) is 4.17. The standard InChI is InChI=1S/C25H45NO4/c1-2-3-4-5-6-7-8-9-10-11-12-13-14-18-24(29)26-22(21-27)20-25(30)19-16-15-17-23(25)28/h15,17,22,27,30H,2-14,16,18-21H2,1H3,(H,26,29). The minimum Gasteiger partial charge on any atom is -0.394 e. The van der Waals surface area contributed by atoms with Gasteiger partial charge < -0.3 is 15.5 Å². The predicted octanol–water partition coefficient (Wildman–Crippen LogP) is 4.99. The number of amides is 1. The molecule has 2 unspecified atom stereocenters. The van der Waals surface area contributed by atoms with E-state index in [1.54, 1.807) is 6.08 Å². The maximum absolute atomic E-state index is 12.1. The fraction of sp³-hybridized carbons (Fsp3) is 0.840. The van der Waals surface area contributed by atoms with Crippen molar-refractivity contribution >= 4 is 11.7 Å². The number of ketones is 1. The van der Waals surface area contributed by atoms with Gasteiger partial charge in [0.05, 0.1) is 12.6 Å². The average molecular weight is 424 g/mol. The zero-order valence-electron chi connectivity index (χ0n) is 19.2. The minimum atomic E-state index is -1.47. The second kappa shape index (κ2) is 16.5. The topological polar surface area (TPSA) is 86.6 Å². The van der Waals surface area contributed by atoms with Gasteiger partial charge in [0.25, 0.3) is 0 Å². The molecule has 0 aromatic heterocycles. The van der Waals surface area contributed by atoms with Crippen molar-refractivity contribution in [2.75, 3.05) is 6.61 Å². The molecular formula is C25H45NO4. The van der Waals surface area contributed by atoms with Crippen LogP contribution in [0.3, 0.4) is 0 Å². The van der Waals surface area contributed by atoms with Crippen molar-refractivity contribution in [3.63, 3.8) is 0 Å². The van der Waals surface area contributed by atoms with E-state index in [1.807, 2.05) is 0 Å². The number of aliphatic hydroxyl groups excluding tert-OH is 1. The molecule has 0 saturated carbocycles. The van der Waals surface area contributed by atoms with Gasteiger partial charge in [0.1, 0.15) is 5.60 Å². The Hall–Kier alpha value is -1.20. The highest BCUT2D eigenvalue weighted by atomic mass is 16.3. The number of carbonyl (C=O) groups is 2. The predicted molar refractivity (Wildman–Crippen MR) is 122 cm³/mol. The molecular weight excluding hydrogens is 378 g/mol. The van der Waals surface area contributed by atoms with Gasteiger partial charge in [0.2, 0.25) is 5.91 Å². The van der Waals surface area contributed by atoms with E-state index in [1.165, 1.54) is 70.3 Å². The molecule has 1 amide bonds. The SMILES string of the molecule is CCCCCCCCCCCCCCCC(=O)NC(CO)CC1(O)CCC=CC1=O. The summed E-state index contributed by atoms with van der Waals surface area (Å²) in [5.74, 6) is -0.447. The Balaban J connectivity index is 2.02. The quantitative estimate of drug-likeness (QED) is 0.271. The van der Waals surface area contributed by atoms with Crippen molar-refractivity contribution in [1.29, 1.82) is 0 Å². The number of carbonyl (C=O) groups excluding carboxylic acids is 2. The molecule has 0 aromatic rings. The Labute approximate surface area is 183 Å². The maximum Gasteiger partial charge on any atom is 0.220 e. The third-order valence-electron chi connectivity index (χ3n) is 6.13. The minimum absolute atomic E-state index is 0.0665. The number of allylic oxidation sites excluding steroid dienone is 1. The molecule has 0 radical (unpaired) electrons. The van der Waals surface area contributed by atoms with E-state index in [9.17, 15) is 19.8 Å². The largest absolute Gasteiger partial charge is 0.394 e. The number of hydrogen-bond acceptors (Lipinski definition) is 4. The van der Waals surface area contributed by atoms with Crippen LogP contribution in [-0.2, 0) is 9.59 Å². The lowest BCUT2D eigenvalue weighted by atomic mass is 9.83. The van der Waals surface area contributed by atoms with Crippen molar-refractivity contribution in [3.05, 3.63) is 12.2 Å². The van der Waals surface area contributed by atoms with E-state index in [2.05, 4.69) is 12.2 Å². The van der Waals surface area contributed by atoms with E-state index in [0.29, 0.717) is 19.3 Å². The summed E-state index contributed by atoms with van der Waals surface area (Å²) in [6.45, 7) is 1.98. The van der Waals surface area contributed by atoms with Gasteiger partial charge in [-0.05, 0) is 25.3 Å². The Bertz CT molecular complexity index is 505. The summed E-state index contributed by atoms with van der Waals surface area (Å²) in [5, 5.41) is 22.8. The molecule has 3 N–H and O–H groups in total. The lowest BCUT2D eigenvalue weighted by molar-refractivity contribution is -0.136. The second-order valence-corrected chi connectivity index (χ2v) is 8.98. The molecule has 0 fully saturated rings. The molecule has 5 nitrogen and oxygen atoms in total. The van der Waals surface area contributed by atoms with Gasteiger partial charge in [-0.3, -0.25) is 9.59 Å². The van der Waals surface area contributed by atoms with Crippen LogP contribution in [0, 0.1) is 0 Å². The zero-order valence-corrected chi connectivity index (χ0v) is 19.2. The van der Waals surface area contributed by atoms with Crippen LogP contribution in [0.2, 0.25) is 0 Å². The van der Waals surface area contributed by atoms with Crippen molar-refractivity contribution < 1.29 is 19.8 Å². The molecule has 30 heavy (non-hydrogen) atoms. The first-order valence-electron chi connectivity index (χ1n) is 12.4. The van der Waals surface area contributed by atoms with Crippen LogP contribution < -0.4 is 5.32 Å². The van der Waals surface area contributed by atoms with Gasteiger partial charge in [0, 0.05) is 12.8 Å². The summed E-state index contributed by atoms with van der Waals surface area (Å²) >= 11 is 0. The first-order chi connectivity index (χ1) is 14.5. The molecule has 174 valence electrons. The van der Waals surface area contributed by atoms with Crippen LogP contribution in [-0.4, -0.2) is 40.2 Å². The third-order valence-corrected chi connectivity index (χ3v) is 6.13. The van der Waals surface area contributed by atoms with Crippen molar-refractivity contribution in [3.8, 4) is 0 Å². The number of unbranched alkanes of at least 4 members (excludes halogenated alkanes) is 12. The van der Waals surface area contributed by atoms with Crippen molar-refractivity contribution in [2.24, 2.45) is 0 Å². The van der Waals surface area contributed by atoms with E-state index in [-0.39, 0.29) is 24.7 Å². The summed E-state index contributed by atoms with van der Waals surface area (Å²) in [5.41, 5.74) is -1.47. The van der Waals surface area contributed by atoms with Gasteiger partial charge in [-0.15, -0.1) is 0 Å². The highest BCUT2D eigenvalue weighted by Gasteiger charge is 2.37. The maximum atomic E-state index is 12.1. The summed E-state index contributed by atoms with van der Waals surface area (Å²) in [6.07, 6.45) is 21.1. The van der Waals surface area contributed by atoms with E-state index in [4.69, 9.17) is 0 Å². The van der Waals surface area contributed by atoms with Crippen molar-refractivity contribution in [2.45, 2.75) is 128 Å². The second-order valence-electron chi connectivity index (χ2n) is 8.98. The van der Waals surface area contributed by atoms with Crippen LogP contribution in [0.1, 0.15) is 116 Å². The van der Waals surface area contributed by atoms with Crippen LogP contribution in [0.25, 0.3) is 0 Å². The normalized spacial score (nSPS) is 19.8. The molecule has 5 heteroatoms. The number of aliphatic hydroxyl groups is 2. The first-order valence-corrected chi connectivity index (χ1v) is 12.4. The van der Waals surface area contributed by atoms with Crippen LogP contribution >= 0.6 is 0 Å². The summed E-state index contributed by atoms with van der Waals surface area (Å²) < 4.78 is 0. The van der Waals surface area contributed by atoms with Gasteiger partial charge in [-0.2, -0.15) is 0 Å². The highest BCUT2D eigenvalue weighted by molar-refractivity contribution is 5.97. The Morgan fingerprint density at radius 3 is 2.03 bits per heavy atom. The molecule has 1 aliphatic rings. The van der Waals surface area contributed by atoms with Gasteiger partial charge in [-0.25, -0.2) is 0 Å². The van der Waals surface area contributed by atoms with Gasteiger partial charge in [0.15, 0.2) is 5.78 Å². The molecule has 0 spiro atoms. The molecule has 1 aliphatic carbocycles. The highest BCUT2D eigenvalue weighted by Crippen LogP contribution is 2.25. The fourth-order valence-electron chi connectivity index (χ4n) is 4.17.